The highest BCUT2D eigenvalue weighted by Gasteiger charge is 2.46. The number of nitrogens with zero attached hydrogens (tertiary/aromatic N) is 3. The van der Waals surface area contributed by atoms with Crippen LogP contribution in [0, 0.1) is 5.92 Å². The van der Waals surface area contributed by atoms with E-state index in [2.05, 4.69) is 4.98 Å². The van der Waals surface area contributed by atoms with E-state index in [4.69, 9.17) is 4.74 Å². The maximum absolute atomic E-state index is 13.2. The summed E-state index contributed by atoms with van der Waals surface area (Å²) in [4.78, 5) is 32.1. The second kappa shape index (κ2) is 7.35. The Morgan fingerprint density at radius 2 is 1.76 bits per heavy atom. The molecule has 2 bridgehead atoms. The third-order valence-corrected chi connectivity index (χ3v) is 6.20. The van der Waals surface area contributed by atoms with Gasteiger partial charge in [-0.05, 0) is 43.4 Å². The monoisotopic (exact) mass is 389 g/mol. The molecule has 2 atom stereocenters. The van der Waals surface area contributed by atoms with Crippen LogP contribution in [0.25, 0.3) is 5.65 Å². The van der Waals surface area contributed by atoms with Crippen LogP contribution < -0.4 is 0 Å². The van der Waals surface area contributed by atoms with Gasteiger partial charge in [0.1, 0.15) is 12.3 Å². The van der Waals surface area contributed by atoms with Crippen LogP contribution in [0.3, 0.4) is 0 Å². The van der Waals surface area contributed by atoms with Gasteiger partial charge in [0.15, 0.2) is 5.78 Å². The lowest BCUT2D eigenvalue weighted by atomic mass is 9.86. The molecule has 3 aromatic rings. The molecule has 2 aromatic heterocycles. The quantitative estimate of drug-likeness (QED) is 0.630. The summed E-state index contributed by atoms with van der Waals surface area (Å²) in [6.45, 7) is 0.278. The summed E-state index contributed by atoms with van der Waals surface area (Å²) in [6.07, 6.45) is 6.54. The molecular weight excluding hydrogens is 366 g/mol. The van der Waals surface area contributed by atoms with E-state index in [0.29, 0.717) is 18.5 Å². The number of carbonyl (C=O) groups excluding carboxylic acids is 2. The number of hydrogen-bond acceptors (Lipinski definition) is 4. The first-order valence-electron chi connectivity index (χ1n) is 10.2. The van der Waals surface area contributed by atoms with Crippen molar-refractivity contribution in [2.24, 2.45) is 5.92 Å². The Labute approximate surface area is 169 Å². The minimum absolute atomic E-state index is 0.0707. The molecule has 5 rings (SSSR count). The van der Waals surface area contributed by atoms with E-state index in [1.165, 1.54) is 0 Å². The number of fused-ring (bicyclic) bond motifs is 3. The van der Waals surface area contributed by atoms with Crippen LogP contribution in [0.1, 0.15) is 41.7 Å². The number of carbonyl (C=O) groups is 2. The maximum Gasteiger partial charge on any atom is 0.410 e. The van der Waals surface area contributed by atoms with Crippen molar-refractivity contribution in [2.75, 3.05) is 0 Å². The molecule has 2 aliphatic heterocycles. The topological polar surface area (TPSA) is 63.9 Å². The largest absolute Gasteiger partial charge is 0.445 e. The third kappa shape index (κ3) is 3.28. The second-order valence-electron chi connectivity index (χ2n) is 7.93. The Bertz CT molecular complexity index is 1030. The maximum atomic E-state index is 13.2. The van der Waals surface area contributed by atoms with Crippen LogP contribution in [0.2, 0.25) is 0 Å². The summed E-state index contributed by atoms with van der Waals surface area (Å²) >= 11 is 0. The van der Waals surface area contributed by atoms with Crippen LogP contribution in [0.4, 0.5) is 4.79 Å². The standard InChI is InChI=1S/C23H23N3O3/c27-22(20-7-4-8-21-24-11-12-25(20)21)17-13-18-9-10-19(14-17)26(18)23(28)29-15-16-5-2-1-3-6-16/h1-8,11-12,17-19H,9-10,13-15H2. The number of rotatable bonds is 4. The number of amides is 1. The molecule has 0 aliphatic carbocycles. The van der Waals surface area contributed by atoms with Gasteiger partial charge in [-0.2, -0.15) is 0 Å². The van der Waals surface area contributed by atoms with E-state index in [0.717, 1.165) is 24.1 Å². The summed E-state index contributed by atoms with van der Waals surface area (Å²) in [5.41, 5.74) is 2.43. The molecule has 1 amide bonds. The van der Waals surface area contributed by atoms with E-state index in [-0.39, 0.29) is 36.5 Å². The molecule has 2 fully saturated rings. The number of imidazole rings is 1. The first-order valence-corrected chi connectivity index (χ1v) is 10.2. The number of ether oxygens (including phenoxy) is 1. The molecular formula is C23H23N3O3. The van der Waals surface area contributed by atoms with Crippen LogP contribution in [-0.2, 0) is 11.3 Å². The predicted octanol–water partition coefficient (Wildman–Crippen LogP) is 4.10. The first-order chi connectivity index (χ1) is 14.2. The number of ketones is 1. The molecule has 6 nitrogen and oxygen atoms in total. The Morgan fingerprint density at radius 1 is 1.00 bits per heavy atom. The Kier molecular flexibility index (Phi) is 4.54. The Morgan fingerprint density at radius 3 is 2.52 bits per heavy atom. The molecule has 4 heterocycles. The van der Waals surface area contributed by atoms with Gasteiger partial charge in [0.2, 0.25) is 0 Å². The number of aromatic nitrogens is 2. The highest BCUT2D eigenvalue weighted by atomic mass is 16.6. The SMILES string of the molecule is O=C(c1cccc2nccn12)C1CC2CCC(C1)N2C(=O)OCc1ccccc1. The summed E-state index contributed by atoms with van der Waals surface area (Å²) in [6, 6.07) is 15.5. The molecule has 29 heavy (non-hydrogen) atoms. The lowest BCUT2D eigenvalue weighted by Crippen LogP contribution is -2.48. The summed E-state index contributed by atoms with van der Waals surface area (Å²) in [5.74, 6) is 0.0708. The van der Waals surface area contributed by atoms with Crippen molar-refractivity contribution in [3.05, 3.63) is 72.2 Å². The fraction of sp³-hybridized carbons (Fsp3) is 0.348. The minimum atomic E-state index is -0.260. The van der Waals surface area contributed by atoms with Crippen molar-refractivity contribution in [1.82, 2.24) is 14.3 Å². The average molecular weight is 389 g/mol. The molecule has 0 spiro atoms. The Hall–Kier alpha value is -3.15. The molecule has 2 aliphatic rings. The molecule has 6 heteroatoms. The molecule has 0 radical (unpaired) electrons. The van der Waals surface area contributed by atoms with Gasteiger partial charge in [0, 0.05) is 30.4 Å². The first kappa shape index (κ1) is 17.9. The number of hydrogen-bond donors (Lipinski definition) is 0. The van der Waals surface area contributed by atoms with Gasteiger partial charge in [0.05, 0.1) is 5.69 Å². The summed E-state index contributed by atoms with van der Waals surface area (Å²) < 4.78 is 7.42. The van der Waals surface area contributed by atoms with Gasteiger partial charge in [-0.1, -0.05) is 36.4 Å². The van der Waals surface area contributed by atoms with Gasteiger partial charge in [-0.3, -0.25) is 9.20 Å². The smallest absolute Gasteiger partial charge is 0.410 e. The van der Waals surface area contributed by atoms with Crippen molar-refractivity contribution >= 4 is 17.5 Å². The number of pyridine rings is 1. The zero-order valence-electron chi connectivity index (χ0n) is 16.1. The van der Waals surface area contributed by atoms with Gasteiger partial charge in [-0.25, -0.2) is 9.78 Å². The van der Waals surface area contributed by atoms with Crippen LogP contribution in [0.5, 0.6) is 0 Å². The fourth-order valence-corrected chi connectivity index (χ4v) is 4.84. The zero-order valence-corrected chi connectivity index (χ0v) is 16.1. The van der Waals surface area contributed by atoms with E-state index in [1.54, 1.807) is 6.20 Å². The molecule has 2 unspecified atom stereocenters. The van der Waals surface area contributed by atoms with Crippen LogP contribution in [0.15, 0.2) is 60.9 Å². The minimum Gasteiger partial charge on any atom is -0.445 e. The van der Waals surface area contributed by atoms with Crippen molar-refractivity contribution < 1.29 is 14.3 Å². The van der Waals surface area contributed by atoms with Crippen molar-refractivity contribution in [2.45, 2.75) is 44.4 Å². The van der Waals surface area contributed by atoms with Crippen LogP contribution in [-0.4, -0.2) is 38.2 Å². The predicted molar refractivity (Wildman–Crippen MR) is 108 cm³/mol. The zero-order chi connectivity index (χ0) is 19.8. The van der Waals surface area contributed by atoms with Crippen molar-refractivity contribution in [1.29, 1.82) is 0 Å². The Balaban J connectivity index is 1.28. The van der Waals surface area contributed by atoms with Gasteiger partial charge < -0.3 is 9.64 Å². The summed E-state index contributed by atoms with van der Waals surface area (Å²) in [5, 5.41) is 0. The lowest BCUT2D eigenvalue weighted by Gasteiger charge is -2.37. The fourth-order valence-electron chi connectivity index (χ4n) is 4.84. The molecule has 2 saturated heterocycles. The van der Waals surface area contributed by atoms with Crippen molar-refractivity contribution in [3.63, 3.8) is 0 Å². The number of benzene rings is 1. The highest BCUT2D eigenvalue weighted by Crippen LogP contribution is 2.40. The van der Waals surface area contributed by atoms with E-state index >= 15 is 0 Å². The average Bonchev–Trinajstić information content (AvgIpc) is 3.34. The molecule has 0 N–H and O–H groups in total. The lowest BCUT2D eigenvalue weighted by molar-refractivity contribution is 0.0483. The van der Waals surface area contributed by atoms with Gasteiger partial charge in [-0.15, -0.1) is 0 Å². The molecule has 148 valence electrons. The third-order valence-electron chi connectivity index (χ3n) is 6.20. The van der Waals surface area contributed by atoms with E-state index in [9.17, 15) is 9.59 Å². The van der Waals surface area contributed by atoms with E-state index < -0.39 is 0 Å². The van der Waals surface area contributed by atoms with Gasteiger partial charge >= 0.3 is 6.09 Å². The second-order valence-corrected chi connectivity index (χ2v) is 7.93. The normalized spacial score (nSPS) is 23.3. The number of Topliss-reactive ketones (excluding diaryl/α,β-unsaturated/α-hetero) is 1. The highest BCUT2D eigenvalue weighted by molar-refractivity contribution is 5.97. The van der Waals surface area contributed by atoms with Crippen molar-refractivity contribution in [3.8, 4) is 0 Å². The van der Waals surface area contributed by atoms with Gasteiger partial charge in [0.25, 0.3) is 0 Å². The summed E-state index contributed by atoms with van der Waals surface area (Å²) in [7, 11) is 0. The number of piperidine rings is 1. The van der Waals surface area contributed by atoms with E-state index in [1.807, 2.05) is 64.0 Å². The molecule has 0 saturated carbocycles. The molecule has 1 aromatic carbocycles. The van der Waals surface area contributed by atoms with Crippen LogP contribution >= 0.6 is 0 Å².